The first kappa shape index (κ1) is 16.2. The second-order valence-corrected chi connectivity index (χ2v) is 7.66. The molecule has 1 aromatic heterocycles. The molecule has 4 nitrogen and oxygen atoms in total. The molecule has 1 heterocycles. The summed E-state index contributed by atoms with van der Waals surface area (Å²) in [6.45, 7) is 1.28. The lowest BCUT2D eigenvalue weighted by molar-refractivity contribution is 0.305. The molecule has 0 aliphatic rings. The van der Waals surface area contributed by atoms with Gasteiger partial charge in [0.05, 0.1) is 12.4 Å². The molecule has 106 valence electrons. The molecule has 1 N–H and O–H groups in total. The van der Waals surface area contributed by atoms with E-state index in [0.29, 0.717) is 19.5 Å². The molecule has 0 saturated heterocycles. The highest BCUT2D eigenvalue weighted by atomic mass is 32.2. The summed E-state index contributed by atoms with van der Waals surface area (Å²) < 4.78 is 22.2. The molecular formula is C13H19NO3S2. The monoisotopic (exact) mass is 301 g/mol. The zero-order valence-electron chi connectivity index (χ0n) is 11.2. The number of hydrogen-bond donors (Lipinski definition) is 1. The summed E-state index contributed by atoms with van der Waals surface area (Å²) in [5.41, 5.74) is 0.963. The SMILES string of the molecule is CN(CCS(C)(=O)=O)Cc1sccc1C#CCCO. The van der Waals surface area contributed by atoms with E-state index in [4.69, 9.17) is 5.11 Å². The molecule has 1 rings (SSSR count). The predicted molar refractivity (Wildman–Crippen MR) is 78.9 cm³/mol. The second-order valence-electron chi connectivity index (χ2n) is 4.40. The minimum atomic E-state index is -2.92. The van der Waals surface area contributed by atoms with Gasteiger partial charge in [-0.05, 0) is 18.5 Å². The van der Waals surface area contributed by atoms with Gasteiger partial charge in [-0.2, -0.15) is 0 Å². The fourth-order valence-corrected chi connectivity index (χ4v) is 2.99. The molecule has 0 bridgehead atoms. The molecule has 0 unspecified atom stereocenters. The molecular weight excluding hydrogens is 282 g/mol. The Morgan fingerprint density at radius 3 is 2.84 bits per heavy atom. The van der Waals surface area contributed by atoms with Crippen molar-refractivity contribution in [2.24, 2.45) is 0 Å². The first-order valence-corrected chi connectivity index (χ1v) is 8.89. The first-order chi connectivity index (χ1) is 8.92. The fraction of sp³-hybridized carbons (Fsp3) is 0.538. The van der Waals surface area contributed by atoms with Crippen LogP contribution >= 0.6 is 11.3 Å². The van der Waals surface area contributed by atoms with Crippen LogP contribution in [0.25, 0.3) is 0 Å². The summed E-state index contributed by atoms with van der Waals surface area (Å²) in [6.07, 6.45) is 1.72. The van der Waals surface area contributed by atoms with Crippen LogP contribution in [0.1, 0.15) is 16.9 Å². The summed E-state index contributed by atoms with van der Waals surface area (Å²) in [4.78, 5) is 3.10. The third-order valence-corrected chi connectivity index (χ3v) is 4.29. The largest absolute Gasteiger partial charge is 0.395 e. The van der Waals surface area contributed by atoms with Crippen molar-refractivity contribution in [3.05, 3.63) is 21.9 Å². The van der Waals surface area contributed by atoms with Gasteiger partial charge in [-0.15, -0.1) is 11.3 Å². The summed E-state index contributed by atoms with van der Waals surface area (Å²) in [5.74, 6) is 6.09. The number of hydrogen-bond acceptors (Lipinski definition) is 5. The van der Waals surface area contributed by atoms with Crippen LogP contribution in [0.3, 0.4) is 0 Å². The van der Waals surface area contributed by atoms with Gasteiger partial charge in [0.2, 0.25) is 0 Å². The molecule has 0 aliphatic carbocycles. The van der Waals surface area contributed by atoms with E-state index >= 15 is 0 Å². The van der Waals surface area contributed by atoms with Crippen molar-refractivity contribution >= 4 is 21.2 Å². The Labute approximate surface area is 119 Å². The lowest BCUT2D eigenvalue weighted by Crippen LogP contribution is -2.24. The minimum Gasteiger partial charge on any atom is -0.395 e. The normalized spacial score (nSPS) is 11.4. The predicted octanol–water partition coefficient (Wildman–Crippen LogP) is 0.958. The van der Waals surface area contributed by atoms with Crippen LogP contribution in [0.4, 0.5) is 0 Å². The van der Waals surface area contributed by atoms with Gasteiger partial charge in [0, 0.05) is 36.2 Å². The fourth-order valence-electron chi connectivity index (χ4n) is 1.43. The van der Waals surface area contributed by atoms with Gasteiger partial charge >= 0.3 is 0 Å². The van der Waals surface area contributed by atoms with Crippen molar-refractivity contribution in [3.63, 3.8) is 0 Å². The number of sulfone groups is 1. The molecule has 0 spiro atoms. The van der Waals surface area contributed by atoms with Crippen molar-refractivity contribution in [3.8, 4) is 11.8 Å². The number of thiophene rings is 1. The summed E-state index contributed by atoms with van der Waals surface area (Å²) >= 11 is 1.61. The van der Waals surface area contributed by atoms with E-state index in [1.165, 1.54) is 6.26 Å². The Bertz CT molecular complexity index is 552. The maximum atomic E-state index is 11.1. The smallest absolute Gasteiger partial charge is 0.148 e. The highest BCUT2D eigenvalue weighted by Crippen LogP contribution is 2.17. The quantitative estimate of drug-likeness (QED) is 0.795. The maximum Gasteiger partial charge on any atom is 0.148 e. The molecule has 0 fully saturated rings. The zero-order valence-corrected chi connectivity index (χ0v) is 12.9. The van der Waals surface area contributed by atoms with Crippen LogP contribution in [0.2, 0.25) is 0 Å². The molecule has 0 radical (unpaired) electrons. The third kappa shape index (κ3) is 6.73. The highest BCUT2D eigenvalue weighted by Gasteiger charge is 2.09. The Kier molecular flexibility index (Phi) is 6.52. The van der Waals surface area contributed by atoms with Crippen molar-refractivity contribution in [1.82, 2.24) is 4.90 Å². The Morgan fingerprint density at radius 2 is 2.21 bits per heavy atom. The molecule has 1 aromatic rings. The van der Waals surface area contributed by atoms with Crippen LogP contribution in [-0.2, 0) is 16.4 Å². The zero-order chi connectivity index (χ0) is 14.3. The lowest BCUT2D eigenvalue weighted by atomic mass is 10.2. The van der Waals surface area contributed by atoms with Gasteiger partial charge in [-0.1, -0.05) is 11.8 Å². The molecule has 0 aromatic carbocycles. The van der Waals surface area contributed by atoms with E-state index in [0.717, 1.165) is 10.4 Å². The maximum absolute atomic E-state index is 11.1. The highest BCUT2D eigenvalue weighted by molar-refractivity contribution is 7.90. The van der Waals surface area contributed by atoms with Gasteiger partial charge < -0.3 is 10.0 Å². The van der Waals surface area contributed by atoms with E-state index in [-0.39, 0.29) is 12.4 Å². The molecule has 0 amide bonds. The van der Waals surface area contributed by atoms with E-state index < -0.39 is 9.84 Å². The van der Waals surface area contributed by atoms with Gasteiger partial charge in [0.25, 0.3) is 0 Å². The molecule has 0 saturated carbocycles. The van der Waals surface area contributed by atoms with Crippen LogP contribution in [0, 0.1) is 11.8 Å². The Morgan fingerprint density at radius 1 is 1.47 bits per heavy atom. The number of nitrogens with zero attached hydrogens (tertiary/aromatic N) is 1. The van der Waals surface area contributed by atoms with E-state index in [2.05, 4.69) is 11.8 Å². The van der Waals surface area contributed by atoms with Crippen LogP contribution in [-0.4, -0.2) is 50.6 Å². The van der Waals surface area contributed by atoms with Crippen molar-refractivity contribution in [2.75, 3.05) is 32.2 Å². The average molecular weight is 301 g/mol. The van der Waals surface area contributed by atoms with Crippen LogP contribution in [0.5, 0.6) is 0 Å². The topological polar surface area (TPSA) is 57.6 Å². The molecule has 19 heavy (non-hydrogen) atoms. The Balaban J connectivity index is 2.58. The Hall–Kier alpha value is -0.870. The van der Waals surface area contributed by atoms with Crippen LogP contribution < -0.4 is 0 Å². The van der Waals surface area contributed by atoms with Crippen molar-refractivity contribution in [1.29, 1.82) is 0 Å². The lowest BCUT2D eigenvalue weighted by Gasteiger charge is -2.15. The van der Waals surface area contributed by atoms with E-state index in [1.54, 1.807) is 11.3 Å². The third-order valence-electron chi connectivity index (χ3n) is 2.46. The average Bonchev–Trinajstić information content (AvgIpc) is 2.74. The van der Waals surface area contributed by atoms with Crippen LogP contribution in [0.15, 0.2) is 11.4 Å². The van der Waals surface area contributed by atoms with Gasteiger partial charge in [0.1, 0.15) is 9.84 Å². The van der Waals surface area contributed by atoms with Gasteiger partial charge in [-0.25, -0.2) is 8.42 Å². The van der Waals surface area contributed by atoms with Gasteiger partial charge in [0.15, 0.2) is 0 Å². The number of aliphatic hydroxyl groups is 1. The second kappa shape index (κ2) is 7.65. The number of aliphatic hydroxyl groups excluding tert-OH is 1. The van der Waals surface area contributed by atoms with E-state index in [1.807, 2.05) is 23.4 Å². The molecule has 0 aliphatic heterocycles. The van der Waals surface area contributed by atoms with Gasteiger partial charge in [-0.3, -0.25) is 0 Å². The summed E-state index contributed by atoms with van der Waals surface area (Å²) in [6, 6.07) is 1.95. The minimum absolute atomic E-state index is 0.0702. The number of rotatable bonds is 6. The molecule has 0 atom stereocenters. The standard InChI is InChI=1S/C13H19NO3S2/c1-14(7-10-19(2,16)17)11-13-12(6-9-18-13)5-3-4-8-15/h6,9,15H,4,7-8,10-11H2,1-2H3. The van der Waals surface area contributed by atoms with Crippen molar-refractivity contribution in [2.45, 2.75) is 13.0 Å². The molecule has 6 heteroatoms. The summed E-state index contributed by atoms with van der Waals surface area (Å²) in [5, 5.41) is 10.7. The summed E-state index contributed by atoms with van der Waals surface area (Å²) in [7, 11) is -1.02. The first-order valence-electron chi connectivity index (χ1n) is 5.95. The van der Waals surface area contributed by atoms with E-state index in [9.17, 15) is 8.42 Å². The van der Waals surface area contributed by atoms with Crippen molar-refractivity contribution < 1.29 is 13.5 Å².